The van der Waals surface area contributed by atoms with Crippen molar-refractivity contribution in [3.63, 3.8) is 0 Å². The highest BCUT2D eigenvalue weighted by Crippen LogP contribution is 2.27. The Morgan fingerprint density at radius 1 is 1.41 bits per heavy atom. The first kappa shape index (κ1) is 21.0. The van der Waals surface area contributed by atoms with Gasteiger partial charge in [-0.05, 0) is 31.5 Å². The van der Waals surface area contributed by atoms with Gasteiger partial charge in [0.05, 0.1) is 30.1 Å². The molecular weight excluding hydrogens is 393 g/mol. The summed E-state index contributed by atoms with van der Waals surface area (Å²) in [7, 11) is 0. The Morgan fingerprint density at radius 2 is 2.19 bits per heavy atom. The van der Waals surface area contributed by atoms with E-state index in [0.717, 1.165) is 0 Å². The quantitative estimate of drug-likeness (QED) is 0.351. The van der Waals surface area contributed by atoms with E-state index in [9.17, 15) is 15.0 Å². The topological polar surface area (TPSA) is 104 Å². The molecule has 0 saturated heterocycles. The van der Waals surface area contributed by atoms with E-state index in [0.29, 0.717) is 45.6 Å². The van der Waals surface area contributed by atoms with E-state index in [1.54, 1.807) is 25.1 Å². The lowest BCUT2D eigenvalue weighted by atomic mass is 10.1. The zero-order valence-electron chi connectivity index (χ0n) is 14.6. The lowest BCUT2D eigenvalue weighted by Gasteiger charge is -2.08. The number of carbonyl (C=O) groups is 1. The molecule has 27 heavy (non-hydrogen) atoms. The molecule has 3 N–H and O–H groups in total. The van der Waals surface area contributed by atoms with Crippen molar-refractivity contribution >= 4 is 35.3 Å². The van der Waals surface area contributed by atoms with E-state index >= 15 is 0 Å². The molecule has 0 aliphatic rings. The first-order valence-corrected chi connectivity index (χ1v) is 8.86. The fraction of sp³-hybridized carbons (Fsp3) is 0.278. The van der Waals surface area contributed by atoms with Crippen LogP contribution < -0.4 is 10.2 Å². The van der Waals surface area contributed by atoms with E-state index in [2.05, 4.69) is 15.5 Å². The van der Waals surface area contributed by atoms with Crippen molar-refractivity contribution in [3.8, 4) is 11.5 Å². The highest BCUT2D eigenvalue weighted by atomic mass is 35.5. The monoisotopic (exact) mass is 411 g/mol. The molecule has 2 aromatic rings. The Morgan fingerprint density at radius 3 is 2.89 bits per heavy atom. The highest BCUT2D eigenvalue weighted by Gasteiger charge is 2.09. The summed E-state index contributed by atoms with van der Waals surface area (Å²) in [5.74, 6) is 0.0974. The summed E-state index contributed by atoms with van der Waals surface area (Å²) in [6.07, 6.45) is 3.37. The van der Waals surface area contributed by atoms with Crippen LogP contribution in [0.3, 0.4) is 0 Å². The maximum Gasteiger partial charge on any atom is 0.240 e. The largest absolute Gasteiger partial charge is 0.505 e. The third-order valence-corrected chi connectivity index (χ3v) is 4.14. The van der Waals surface area contributed by atoms with Crippen LogP contribution in [0.1, 0.15) is 29.7 Å². The summed E-state index contributed by atoms with van der Waals surface area (Å²) in [5.41, 5.74) is 3.48. The normalized spacial score (nSPS) is 11.0. The van der Waals surface area contributed by atoms with Gasteiger partial charge in [-0.1, -0.05) is 23.2 Å². The molecule has 9 heteroatoms. The molecule has 0 atom stereocenters. The minimum absolute atomic E-state index is 0.0900. The maximum atomic E-state index is 11.8. The Balaban J connectivity index is 1.80. The smallest absolute Gasteiger partial charge is 0.240 e. The van der Waals surface area contributed by atoms with Crippen LogP contribution >= 0.6 is 23.2 Å². The molecule has 0 aliphatic carbocycles. The molecule has 0 aliphatic heterocycles. The summed E-state index contributed by atoms with van der Waals surface area (Å²) in [4.78, 5) is 15.8. The van der Waals surface area contributed by atoms with Gasteiger partial charge in [0.1, 0.15) is 11.5 Å². The van der Waals surface area contributed by atoms with Crippen molar-refractivity contribution in [2.24, 2.45) is 5.10 Å². The van der Waals surface area contributed by atoms with Crippen molar-refractivity contribution < 1.29 is 19.7 Å². The zero-order valence-corrected chi connectivity index (χ0v) is 16.1. The number of aliphatic hydroxyl groups is 1. The average molecular weight is 412 g/mol. The second-order valence-corrected chi connectivity index (χ2v) is 6.45. The number of nitrogens with zero attached hydrogens (tertiary/aromatic N) is 2. The van der Waals surface area contributed by atoms with E-state index in [4.69, 9.17) is 27.9 Å². The van der Waals surface area contributed by atoms with Crippen LogP contribution in [-0.4, -0.2) is 33.9 Å². The van der Waals surface area contributed by atoms with E-state index in [1.807, 2.05) is 0 Å². The van der Waals surface area contributed by atoms with Gasteiger partial charge in [-0.25, -0.2) is 5.43 Å². The molecule has 0 bridgehead atoms. The fourth-order valence-corrected chi connectivity index (χ4v) is 2.62. The fourth-order valence-electron chi connectivity index (χ4n) is 2.15. The molecule has 0 spiro atoms. The predicted octanol–water partition coefficient (Wildman–Crippen LogP) is 3.20. The second kappa shape index (κ2) is 10.1. The van der Waals surface area contributed by atoms with Crippen LogP contribution in [0.25, 0.3) is 0 Å². The Hall–Kier alpha value is -2.35. The van der Waals surface area contributed by atoms with E-state index < -0.39 is 0 Å². The van der Waals surface area contributed by atoms with Crippen molar-refractivity contribution in [1.82, 2.24) is 10.4 Å². The lowest BCUT2D eigenvalue weighted by Crippen LogP contribution is -2.18. The number of pyridine rings is 1. The molecule has 0 fully saturated rings. The van der Waals surface area contributed by atoms with Crippen molar-refractivity contribution in [1.29, 1.82) is 0 Å². The molecule has 2 rings (SSSR count). The molecule has 7 nitrogen and oxygen atoms in total. The lowest BCUT2D eigenvalue weighted by molar-refractivity contribution is -0.121. The van der Waals surface area contributed by atoms with Gasteiger partial charge < -0.3 is 14.9 Å². The summed E-state index contributed by atoms with van der Waals surface area (Å²) >= 11 is 11.8. The van der Waals surface area contributed by atoms with Crippen LogP contribution in [0.5, 0.6) is 11.5 Å². The molecule has 1 aromatic carbocycles. The average Bonchev–Trinajstić information content (AvgIpc) is 2.64. The van der Waals surface area contributed by atoms with Gasteiger partial charge in [0.25, 0.3) is 0 Å². The third-order valence-electron chi connectivity index (χ3n) is 3.61. The molecule has 0 radical (unpaired) electrons. The Bertz CT molecular complexity index is 844. The molecule has 0 saturated carbocycles. The van der Waals surface area contributed by atoms with Crippen molar-refractivity contribution in [3.05, 3.63) is 51.3 Å². The number of aromatic hydroxyl groups is 1. The minimum atomic E-state index is -0.312. The number of aliphatic hydroxyl groups excluding tert-OH is 1. The van der Waals surface area contributed by atoms with Crippen LogP contribution in [0.2, 0.25) is 10.0 Å². The Kier molecular flexibility index (Phi) is 7.84. The number of halogens is 2. The number of hydrogen-bond donors (Lipinski definition) is 3. The van der Waals surface area contributed by atoms with Gasteiger partial charge in [-0.3, -0.25) is 9.78 Å². The second-order valence-electron chi connectivity index (χ2n) is 5.61. The van der Waals surface area contributed by atoms with Gasteiger partial charge in [0.2, 0.25) is 5.91 Å². The molecule has 144 valence electrons. The van der Waals surface area contributed by atoms with Crippen LogP contribution in [0, 0.1) is 6.92 Å². The minimum Gasteiger partial charge on any atom is -0.505 e. The van der Waals surface area contributed by atoms with Crippen molar-refractivity contribution in [2.45, 2.75) is 26.4 Å². The molecule has 1 heterocycles. The number of nitrogens with one attached hydrogen (secondary N) is 1. The first-order chi connectivity index (χ1) is 12.9. The SMILES string of the molecule is Cc1ncc(CO)c(C=NNC(=O)CCCOc2ccc(Cl)cc2Cl)c1O. The number of rotatable bonds is 8. The van der Waals surface area contributed by atoms with Gasteiger partial charge in [-0.2, -0.15) is 5.10 Å². The molecule has 1 aromatic heterocycles. The van der Waals surface area contributed by atoms with Crippen LogP contribution in [0.15, 0.2) is 29.5 Å². The van der Waals surface area contributed by atoms with Gasteiger partial charge in [0.15, 0.2) is 0 Å². The van der Waals surface area contributed by atoms with E-state index in [-0.39, 0.29) is 24.7 Å². The number of carbonyl (C=O) groups excluding carboxylic acids is 1. The summed E-state index contributed by atoms with van der Waals surface area (Å²) < 4.78 is 5.50. The summed E-state index contributed by atoms with van der Waals surface area (Å²) in [6.45, 7) is 1.62. The summed E-state index contributed by atoms with van der Waals surface area (Å²) in [6, 6.07) is 4.91. The predicted molar refractivity (Wildman–Crippen MR) is 103 cm³/mol. The molecule has 0 unspecified atom stereocenters. The number of aromatic nitrogens is 1. The van der Waals surface area contributed by atoms with Crippen LogP contribution in [-0.2, 0) is 11.4 Å². The van der Waals surface area contributed by atoms with Crippen molar-refractivity contribution in [2.75, 3.05) is 6.61 Å². The number of aryl methyl sites for hydroxylation is 1. The third kappa shape index (κ3) is 6.09. The molecular formula is C18H19Cl2N3O4. The maximum absolute atomic E-state index is 11.8. The number of amides is 1. The van der Waals surface area contributed by atoms with Gasteiger partial charge in [0, 0.05) is 28.8 Å². The summed E-state index contributed by atoms with van der Waals surface area (Å²) in [5, 5.41) is 24.0. The standard InChI is InChI=1S/C18H19Cl2N3O4/c1-11-18(26)14(12(10-24)8-21-11)9-22-23-17(25)3-2-6-27-16-5-4-13(19)7-15(16)20/h4-5,7-9,24,26H,2-3,6,10H2,1H3,(H,23,25). The van der Waals surface area contributed by atoms with E-state index in [1.165, 1.54) is 12.4 Å². The van der Waals surface area contributed by atoms with Gasteiger partial charge in [-0.15, -0.1) is 0 Å². The van der Waals surface area contributed by atoms with Crippen LogP contribution in [0.4, 0.5) is 0 Å². The number of hydrogen-bond acceptors (Lipinski definition) is 6. The number of hydrazone groups is 1. The number of benzene rings is 1. The molecule has 1 amide bonds. The highest BCUT2D eigenvalue weighted by molar-refractivity contribution is 6.35. The van der Waals surface area contributed by atoms with Gasteiger partial charge >= 0.3 is 0 Å². The zero-order chi connectivity index (χ0) is 19.8. The number of ether oxygens (including phenoxy) is 1. The Labute approximate surface area is 166 Å². The first-order valence-electron chi connectivity index (χ1n) is 8.10.